The predicted octanol–water partition coefficient (Wildman–Crippen LogP) is 2.09. The van der Waals surface area contributed by atoms with Crippen molar-refractivity contribution in [3.63, 3.8) is 0 Å². The van der Waals surface area contributed by atoms with Gasteiger partial charge in [0.2, 0.25) is 5.88 Å². The van der Waals surface area contributed by atoms with E-state index in [2.05, 4.69) is 4.98 Å². The smallest absolute Gasteiger partial charge is 0.326 e. The molecule has 0 spiro atoms. The summed E-state index contributed by atoms with van der Waals surface area (Å²) >= 11 is 0. The summed E-state index contributed by atoms with van der Waals surface area (Å²) in [5.41, 5.74) is 0.442. The topological polar surface area (TPSA) is 79.7 Å². The van der Waals surface area contributed by atoms with Crippen LogP contribution in [0, 0.1) is 0 Å². The fourth-order valence-corrected chi connectivity index (χ4v) is 2.86. The molecule has 1 aliphatic carbocycles. The van der Waals surface area contributed by atoms with E-state index in [0.29, 0.717) is 24.4 Å². The summed E-state index contributed by atoms with van der Waals surface area (Å²) in [5, 5.41) is 9.29. The van der Waals surface area contributed by atoms with Gasteiger partial charge >= 0.3 is 5.97 Å². The van der Waals surface area contributed by atoms with Crippen molar-refractivity contribution in [1.29, 1.82) is 0 Å². The molecular formula is C16H20N2O4. The predicted molar refractivity (Wildman–Crippen MR) is 78.8 cm³/mol. The first-order chi connectivity index (χ1) is 10.6. The van der Waals surface area contributed by atoms with Gasteiger partial charge in [0.1, 0.15) is 12.1 Å². The first-order valence-corrected chi connectivity index (χ1v) is 7.81. The number of carbonyl (C=O) groups is 2. The number of rotatable bonds is 4. The van der Waals surface area contributed by atoms with Gasteiger partial charge in [0.15, 0.2) is 0 Å². The molecule has 1 aromatic heterocycles. The van der Waals surface area contributed by atoms with Crippen molar-refractivity contribution >= 4 is 11.9 Å². The molecule has 118 valence electrons. The molecule has 0 radical (unpaired) electrons. The maximum absolute atomic E-state index is 12.6. The number of hydrogen-bond acceptors (Lipinski definition) is 4. The Hall–Kier alpha value is -2.11. The maximum Gasteiger partial charge on any atom is 0.326 e. The van der Waals surface area contributed by atoms with Crippen molar-refractivity contribution in [2.45, 2.75) is 50.7 Å². The minimum Gasteiger partial charge on any atom is -0.480 e. The second-order valence-electron chi connectivity index (χ2n) is 5.90. The Bertz CT molecular complexity index is 571. The van der Waals surface area contributed by atoms with Gasteiger partial charge in [-0.15, -0.1) is 0 Å². The van der Waals surface area contributed by atoms with Crippen molar-refractivity contribution in [3.8, 4) is 5.88 Å². The highest BCUT2D eigenvalue weighted by Gasteiger charge is 2.32. The molecule has 1 saturated carbocycles. The number of ether oxygens (including phenoxy) is 1. The van der Waals surface area contributed by atoms with Crippen LogP contribution in [0.15, 0.2) is 18.3 Å². The number of aliphatic carboxylic acids is 1. The van der Waals surface area contributed by atoms with Crippen LogP contribution >= 0.6 is 0 Å². The molecule has 6 nitrogen and oxygen atoms in total. The molecule has 2 heterocycles. The van der Waals surface area contributed by atoms with Gasteiger partial charge in [0, 0.05) is 24.4 Å². The highest BCUT2D eigenvalue weighted by Crippen LogP contribution is 2.25. The molecule has 1 aromatic rings. The third-order valence-electron chi connectivity index (χ3n) is 4.37. The molecular weight excluding hydrogens is 284 g/mol. The van der Waals surface area contributed by atoms with Gasteiger partial charge < -0.3 is 14.7 Å². The number of hydrogen-bond donors (Lipinski definition) is 1. The van der Waals surface area contributed by atoms with E-state index in [-0.39, 0.29) is 12.0 Å². The van der Waals surface area contributed by atoms with Crippen molar-refractivity contribution < 1.29 is 19.4 Å². The highest BCUT2D eigenvalue weighted by molar-refractivity contribution is 5.96. The quantitative estimate of drug-likeness (QED) is 0.921. The average molecular weight is 304 g/mol. The molecule has 2 fully saturated rings. The van der Waals surface area contributed by atoms with Crippen LogP contribution in [0.3, 0.4) is 0 Å². The van der Waals surface area contributed by atoms with E-state index < -0.39 is 12.0 Å². The minimum absolute atomic E-state index is 0.194. The summed E-state index contributed by atoms with van der Waals surface area (Å²) in [6, 6.07) is 2.50. The second-order valence-corrected chi connectivity index (χ2v) is 5.90. The van der Waals surface area contributed by atoms with Gasteiger partial charge in [-0.25, -0.2) is 9.78 Å². The number of pyridine rings is 1. The number of likely N-dealkylation sites (tertiary alicyclic amines) is 1. The van der Waals surface area contributed by atoms with Crippen LogP contribution in [0.4, 0.5) is 0 Å². The molecule has 1 amide bonds. The van der Waals surface area contributed by atoms with E-state index in [4.69, 9.17) is 4.74 Å². The molecule has 1 N–H and O–H groups in total. The van der Waals surface area contributed by atoms with E-state index in [1.807, 2.05) is 0 Å². The molecule has 0 bridgehead atoms. The SMILES string of the molecule is O=C(O)C1CCCCN1C(=O)c1ccnc(OC2CCC2)c1. The van der Waals surface area contributed by atoms with Crippen molar-refractivity contribution in [1.82, 2.24) is 9.88 Å². The van der Waals surface area contributed by atoms with Crippen LogP contribution in [-0.4, -0.2) is 45.6 Å². The van der Waals surface area contributed by atoms with Crippen molar-refractivity contribution in [3.05, 3.63) is 23.9 Å². The molecule has 1 aliphatic heterocycles. The zero-order chi connectivity index (χ0) is 15.5. The number of nitrogens with zero attached hydrogens (tertiary/aromatic N) is 2. The highest BCUT2D eigenvalue weighted by atomic mass is 16.5. The second kappa shape index (κ2) is 6.34. The standard InChI is InChI=1S/C16H20N2O4/c19-15(18-9-2-1-6-13(18)16(20)21)11-7-8-17-14(10-11)22-12-4-3-5-12/h7-8,10,12-13H,1-6,9H2,(H,20,21). The van der Waals surface area contributed by atoms with Crippen molar-refractivity contribution in [2.75, 3.05) is 6.54 Å². The van der Waals surface area contributed by atoms with E-state index in [1.54, 1.807) is 18.3 Å². The number of piperidine rings is 1. The molecule has 1 unspecified atom stereocenters. The largest absolute Gasteiger partial charge is 0.480 e. The number of carboxylic acids is 1. The Morgan fingerprint density at radius 1 is 1.23 bits per heavy atom. The van der Waals surface area contributed by atoms with Crippen LogP contribution in [0.5, 0.6) is 5.88 Å². The van der Waals surface area contributed by atoms with Crippen LogP contribution in [0.25, 0.3) is 0 Å². The molecule has 2 aliphatic rings. The zero-order valence-corrected chi connectivity index (χ0v) is 12.4. The van der Waals surface area contributed by atoms with E-state index >= 15 is 0 Å². The van der Waals surface area contributed by atoms with Crippen LogP contribution in [0.1, 0.15) is 48.9 Å². The van der Waals surface area contributed by atoms with Gasteiger partial charge in [-0.2, -0.15) is 0 Å². The summed E-state index contributed by atoms with van der Waals surface area (Å²) in [4.78, 5) is 29.5. The molecule has 1 saturated heterocycles. The summed E-state index contributed by atoms with van der Waals surface area (Å²) in [6.45, 7) is 0.483. The van der Waals surface area contributed by atoms with Gasteiger partial charge in [-0.3, -0.25) is 4.79 Å². The van der Waals surface area contributed by atoms with E-state index in [1.165, 1.54) is 4.90 Å². The summed E-state index contributed by atoms with van der Waals surface area (Å²) in [7, 11) is 0. The minimum atomic E-state index is -0.937. The van der Waals surface area contributed by atoms with Crippen molar-refractivity contribution in [2.24, 2.45) is 0 Å². The van der Waals surface area contributed by atoms with Crippen LogP contribution < -0.4 is 4.74 Å². The Morgan fingerprint density at radius 2 is 2.05 bits per heavy atom. The lowest BCUT2D eigenvalue weighted by Crippen LogP contribution is -2.48. The van der Waals surface area contributed by atoms with Gasteiger partial charge in [0.05, 0.1) is 0 Å². The zero-order valence-electron chi connectivity index (χ0n) is 12.4. The third-order valence-corrected chi connectivity index (χ3v) is 4.37. The molecule has 1 atom stereocenters. The number of carbonyl (C=O) groups excluding carboxylic acids is 1. The first-order valence-electron chi connectivity index (χ1n) is 7.81. The van der Waals surface area contributed by atoms with Gasteiger partial charge in [0.25, 0.3) is 5.91 Å². The van der Waals surface area contributed by atoms with Crippen LogP contribution in [-0.2, 0) is 4.79 Å². The van der Waals surface area contributed by atoms with E-state index in [0.717, 1.165) is 32.1 Å². The van der Waals surface area contributed by atoms with Crippen LogP contribution in [0.2, 0.25) is 0 Å². The lowest BCUT2D eigenvalue weighted by molar-refractivity contribution is -0.143. The normalized spacial score (nSPS) is 22.0. The lowest BCUT2D eigenvalue weighted by atomic mass is 9.96. The monoisotopic (exact) mass is 304 g/mol. The molecule has 6 heteroatoms. The molecule has 3 rings (SSSR count). The maximum atomic E-state index is 12.6. The fraction of sp³-hybridized carbons (Fsp3) is 0.562. The fourth-order valence-electron chi connectivity index (χ4n) is 2.86. The number of carboxylic acid groups (broad SMARTS) is 1. The summed E-state index contributed by atoms with van der Waals surface area (Å²) in [5.74, 6) is -0.750. The van der Waals surface area contributed by atoms with Gasteiger partial charge in [-0.05, 0) is 44.6 Å². The molecule has 22 heavy (non-hydrogen) atoms. The molecule has 0 aromatic carbocycles. The number of aromatic nitrogens is 1. The summed E-state index contributed by atoms with van der Waals surface area (Å²) < 4.78 is 5.70. The Morgan fingerprint density at radius 3 is 2.73 bits per heavy atom. The lowest BCUT2D eigenvalue weighted by Gasteiger charge is -2.33. The number of amides is 1. The Balaban J connectivity index is 1.75. The van der Waals surface area contributed by atoms with Gasteiger partial charge in [-0.1, -0.05) is 0 Å². The summed E-state index contributed by atoms with van der Waals surface area (Å²) in [6.07, 6.45) is 7.13. The Kier molecular flexibility index (Phi) is 4.27. The Labute approximate surface area is 129 Å². The average Bonchev–Trinajstić information content (AvgIpc) is 2.50. The van der Waals surface area contributed by atoms with E-state index in [9.17, 15) is 14.7 Å². The third kappa shape index (κ3) is 3.05. The first kappa shape index (κ1) is 14.8.